The number of likely N-dealkylation sites (tertiary alicyclic amines) is 2. The summed E-state index contributed by atoms with van der Waals surface area (Å²) in [7, 11) is 0. The molecule has 0 aromatic rings. The van der Waals surface area contributed by atoms with Gasteiger partial charge < -0.3 is 10.0 Å². The predicted molar refractivity (Wildman–Crippen MR) is 81.5 cm³/mol. The number of carboxylic acids is 1. The fourth-order valence-electron chi connectivity index (χ4n) is 4.01. The summed E-state index contributed by atoms with van der Waals surface area (Å²) in [5.41, 5.74) is -0.792. The minimum absolute atomic E-state index is 0.152. The first-order chi connectivity index (χ1) is 10.0. The smallest absolute Gasteiger partial charge is 0.326 e. The molecule has 1 N–H and O–H groups in total. The number of rotatable bonds is 3. The summed E-state index contributed by atoms with van der Waals surface area (Å²) in [6.45, 7) is 8.55. The van der Waals surface area contributed by atoms with Gasteiger partial charge in [0.05, 0.1) is 6.54 Å². The first kappa shape index (κ1) is 16.9. The molecule has 1 unspecified atom stereocenters. The average molecular weight is 310 g/mol. The molecule has 2 fully saturated rings. The lowest BCUT2D eigenvalue weighted by Crippen LogP contribution is -2.63. The maximum atomic E-state index is 12.6. The molecule has 2 saturated heterocycles. The topological polar surface area (TPSA) is 77.9 Å². The fraction of sp³-hybridized carbons (Fsp3) is 0.812. The van der Waals surface area contributed by atoms with Crippen LogP contribution in [0.1, 0.15) is 53.4 Å². The van der Waals surface area contributed by atoms with Crippen molar-refractivity contribution in [3.05, 3.63) is 0 Å². The minimum atomic E-state index is -0.932. The zero-order valence-electron chi connectivity index (χ0n) is 13.9. The van der Waals surface area contributed by atoms with Gasteiger partial charge in [-0.05, 0) is 40.5 Å². The number of piperidine rings is 1. The Labute approximate surface area is 131 Å². The van der Waals surface area contributed by atoms with Crippen molar-refractivity contribution in [2.45, 2.75) is 70.5 Å². The van der Waals surface area contributed by atoms with Crippen LogP contribution in [0.4, 0.5) is 0 Å². The first-order valence-corrected chi connectivity index (χ1v) is 7.86. The predicted octanol–water partition coefficient (Wildman–Crippen LogP) is 1.28. The van der Waals surface area contributed by atoms with E-state index in [1.54, 1.807) is 0 Å². The number of hydrogen-bond donors (Lipinski definition) is 1. The van der Waals surface area contributed by atoms with Crippen LogP contribution in [0.3, 0.4) is 0 Å². The molecule has 0 bridgehead atoms. The largest absolute Gasteiger partial charge is 0.480 e. The van der Waals surface area contributed by atoms with Crippen molar-refractivity contribution in [2.75, 3.05) is 13.1 Å². The number of ketones is 1. The monoisotopic (exact) mass is 310 g/mol. The fourth-order valence-corrected chi connectivity index (χ4v) is 4.01. The molecule has 0 spiro atoms. The highest BCUT2D eigenvalue weighted by Gasteiger charge is 2.46. The first-order valence-electron chi connectivity index (χ1n) is 7.86. The van der Waals surface area contributed by atoms with Gasteiger partial charge in [-0.15, -0.1) is 0 Å². The van der Waals surface area contributed by atoms with Gasteiger partial charge in [-0.1, -0.05) is 0 Å². The second kappa shape index (κ2) is 5.65. The van der Waals surface area contributed by atoms with E-state index in [2.05, 4.69) is 4.90 Å². The van der Waals surface area contributed by atoms with Crippen LogP contribution < -0.4 is 0 Å². The maximum Gasteiger partial charge on any atom is 0.326 e. The van der Waals surface area contributed by atoms with Gasteiger partial charge in [0, 0.05) is 30.5 Å². The van der Waals surface area contributed by atoms with E-state index in [0.717, 1.165) is 6.42 Å². The van der Waals surface area contributed by atoms with Gasteiger partial charge in [0.15, 0.2) is 0 Å². The molecule has 1 atom stereocenters. The van der Waals surface area contributed by atoms with Crippen LogP contribution in [0.5, 0.6) is 0 Å². The van der Waals surface area contributed by atoms with Crippen molar-refractivity contribution >= 4 is 17.7 Å². The molecule has 2 aliphatic heterocycles. The number of carboxylic acid groups (broad SMARTS) is 1. The number of amides is 1. The van der Waals surface area contributed by atoms with Crippen molar-refractivity contribution < 1.29 is 19.5 Å². The van der Waals surface area contributed by atoms with Crippen molar-refractivity contribution in [3.63, 3.8) is 0 Å². The Kier molecular flexibility index (Phi) is 4.35. The van der Waals surface area contributed by atoms with Gasteiger partial charge in [0.2, 0.25) is 5.91 Å². The second-order valence-corrected chi connectivity index (χ2v) is 7.69. The van der Waals surface area contributed by atoms with Crippen molar-refractivity contribution in [1.82, 2.24) is 9.80 Å². The Morgan fingerprint density at radius 1 is 1.18 bits per heavy atom. The number of Topliss-reactive ketones (excluding diaryl/α,β-unsaturated/α-hetero) is 1. The molecule has 22 heavy (non-hydrogen) atoms. The number of carbonyl (C=O) groups excluding carboxylic acids is 2. The molecular weight excluding hydrogens is 284 g/mol. The Morgan fingerprint density at radius 3 is 2.23 bits per heavy atom. The molecule has 6 nitrogen and oxygen atoms in total. The van der Waals surface area contributed by atoms with E-state index in [1.165, 1.54) is 4.90 Å². The van der Waals surface area contributed by atoms with E-state index >= 15 is 0 Å². The molecule has 2 aliphatic rings. The highest BCUT2D eigenvalue weighted by molar-refractivity contribution is 5.86. The van der Waals surface area contributed by atoms with Crippen LogP contribution in [-0.2, 0) is 14.4 Å². The summed E-state index contributed by atoms with van der Waals surface area (Å²) >= 11 is 0. The molecule has 0 radical (unpaired) electrons. The van der Waals surface area contributed by atoms with E-state index in [0.29, 0.717) is 25.8 Å². The third kappa shape index (κ3) is 3.16. The molecule has 0 aromatic heterocycles. The molecule has 2 heterocycles. The molecule has 0 saturated carbocycles. The molecule has 1 amide bonds. The van der Waals surface area contributed by atoms with E-state index in [9.17, 15) is 19.5 Å². The maximum absolute atomic E-state index is 12.6. The molecule has 124 valence electrons. The van der Waals surface area contributed by atoms with Gasteiger partial charge in [0.1, 0.15) is 11.8 Å². The summed E-state index contributed by atoms with van der Waals surface area (Å²) in [5, 5.41) is 9.23. The van der Waals surface area contributed by atoms with Gasteiger partial charge in [0.25, 0.3) is 0 Å². The van der Waals surface area contributed by atoms with E-state index < -0.39 is 23.1 Å². The Bertz CT molecular complexity index is 478. The molecule has 2 rings (SSSR count). The van der Waals surface area contributed by atoms with Crippen LogP contribution in [-0.4, -0.2) is 62.8 Å². The Hall–Kier alpha value is -1.43. The Morgan fingerprint density at radius 2 is 1.73 bits per heavy atom. The lowest BCUT2D eigenvalue weighted by atomic mass is 9.79. The quantitative estimate of drug-likeness (QED) is 0.850. The van der Waals surface area contributed by atoms with Crippen molar-refractivity contribution in [1.29, 1.82) is 0 Å². The normalized spacial score (nSPS) is 27.9. The van der Waals surface area contributed by atoms with Crippen molar-refractivity contribution in [3.8, 4) is 0 Å². The van der Waals surface area contributed by atoms with Gasteiger partial charge in [-0.3, -0.25) is 14.5 Å². The molecule has 0 aliphatic carbocycles. The van der Waals surface area contributed by atoms with Crippen LogP contribution in [0, 0.1) is 0 Å². The summed E-state index contributed by atoms with van der Waals surface area (Å²) in [6, 6.07) is -0.704. The highest BCUT2D eigenvalue weighted by atomic mass is 16.4. The summed E-state index contributed by atoms with van der Waals surface area (Å²) in [6.07, 6.45) is 2.10. The zero-order chi connectivity index (χ0) is 16.7. The second-order valence-electron chi connectivity index (χ2n) is 7.69. The average Bonchev–Trinajstić information content (AvgIpc) is 2.81. The van der Waals surface area contributed by atoms with E-state index in [1.807, 2.05) is 27.7 Å². The summed E-state index contributed by atoms with van der Waals surface area (Å²) in [4.78, 5) is 39.3. The Balaban J connectivity index is 2.15. The van der Waals surface area contributed by atoms with E-state index in [4.69, 9.17) is 0 Å². The number of carbonyl (C=O) groups is 3. The third-order valence-electron chi connectivity index (χ3n) is 4.87. The molecular formula is C16H26N2O4. The van der Waals surface area contributed by atoms with Gasteiger partial charge in [-0.25, -0.2) is 4.79 Å². The number of nitrogens with zero attached hydrogens (tertiary/aromatic N) is 2. The molecule has 6 heteroatoms. The van der Waals surface area contributed by atoms with Crippen molar-refractivity contribution in [2.24, 2.45) is 0 Å². The minimum Gasteiger partial charge on any atom is -0.480 e. The zero-order valence-corrected chi connectivity index (χ0v) is 13.9. The third-order valence-corrected chi connectivity index (χ3v) is 4.87. The lowest BCUT2D eigenvalue weighted by molar-refractivity contribution is -0.152. The summed E-state index contributed by atoms with van der Waals surface area (Å²) < 4.78 is 0. The van der Waals surface area contributed by atoms with Gasteiger partial charge >= 0.3 is 5.97 Å². The number of aliphatic carboxylic acids is 1. The van der Waals surface area contributed by atoms with Crippen LogP contribution in [0.25, 0.3) is 0 Å². The lowest BCUT2D eigenvalue weighted by Gasteiger charge is -2.52. The highest BCUT2D eigenvalue weighted by Crippen LogP contribution is 2.36. The standard InChI is InChI=1S/C16H26N2O4/c1-15(2)8-11(19)9-16(3,4)18(15)10-13(20)17-7-5-6-12(17)14(21)22/h12H,5-10H2,1-4H3,(H,21,22). The SMILES string of the molecule is CC1(C)CC(=O)CC(C)(C)N1CC(=O)N1CCCC1C(=O)O. The van der Waals surface area contributed by atoms with Crippen LogP contribution in [0.15, 0.2) is 0 Å². The van der Waals surface area contributed by atoms with Crippen LogP contribution in [0.2, 0.25) is 0 Å². The van der Waals surface area contributed by atoms with Gasteiger partial charge in [-0.2, -0.15) is 0 Å². The number of hydrogen-bond acceptors (Lipinski definition) is 4. The van der Waals surface area contributed by atoms with Crippen LogP contribution >= 0.6 is 0 Å². The molecule has 0 aromatic carbocycles. The van der Waals surface area contributed by atoms with E-state index in [-0.39, 0.29) is 18.2 Å². The summed E-state index contributed by atoms with van der Waals surface area (Å²) in [5.74, 6) is -0.873.